The first-order valence-corrected chi connectivity index (χ1v) is 12.0. The summed E-state index contributed by atoms with van der Waals surface area (Å²) in [5, 5.41) is 4.36. The highest BCUT2D eigenvalue weighted by atomic mass is 79.9. The fourth-order valence-corrected chi connectivity index (χ4v) is 4.44. The number of alkyl halides is 1. The number of fused-ring (bicyclic) bond motifs is 1. The molecule has 8 nitrogen and oxygen atoms in total. The molecule has 2 aromatic carbocycles. The number of nitrogens with one attached hydrogen (secondary N) is 2. The number of aromatic amines is 1. The second kappa shape index (κ2) is 9.64. The van der Waals surface area contributed by atoms with Crippen LogP contribution in [0.5, 0.6) is 11.5 Å². The molecule has 0 spiro atoms. The highest BCUT2D eigenvalue weighted by molar-refractivity contribution is 9.09. The van der Waals surface area contributed by atoms with Crippen LogP contribution in [0.2, 0.25) is 0 Å². The monoisotopic (exact) mass is 519 g/mol. The molecule has 1 atom stereocenters. The van der Waals surface area contributed by atoms with Crippen molar-refractivity contribution in [2.75, 3.05) is 23.7 Å². The van der Waals surface area contributed by atoms with Crippen molar-refractivity contribution in [3.8, 4) is 11.5 Å². The van der Waals surface area contributed by atoms with Gasteiger partial charge in [0, 0.05) is 30.9 Å². The zero-order chi connectivity index (χ0) is 23.5. The summed E-state index contributed by atoms with van der Waals surface area (Å²) in [7, 11) is 0. The largest absolute Gasteiger partial charge is 0.457 e. The van der Waals surface area contributed by atoms with Crippen LogP contribution in [0, 0.1) is 0 Å². The second-order valence-corrected chi connectivity index (χ2v) is 8.58. The molecular weight excluding hydrogens is 498 g/mol. The molecule has 3 heterocycles. The molecule has 1 fully saturated rings. The maximum absolute atomic E-state index is 13.4. The van der Waals surface area contributed by atoms with E-state index in [4.69, 9.17) is 4.74 Å². The smallest absolute Gasteiger partial charge is 0.233 e. The molecule has 1 saturated heterocycles. The van der Waals surface area contributed by atoms with Crippen molar-refractivity contribution in [1.82, 2.24) is 19.9 Å². The van der Waals surface area contributed by atoms with Crippen LogP contribution in [0.15, 0.2) is 67.1 Å². The number of ether oxygens (including phenoxy) is 1. The fraction of sp³-hybridized carbons (Fsp3) is 0.200. The van der Waals surface area contributed by atoms with Crippen molar-refractivity contribution < 1.29 is 14.3 Å². The Balaban J connectivity index is 1.37. The van der Waals surface area contributed by atoms with Crippen LogP contribution in [-0.2, 0) is 4.79 Å². The van der Waals surface area contributed by atoms with E-state index in [1.54, 1.807) is 30.5 Å². The lowest BCUT2D eigenvalue weighted by molar-refractivity contribution is -0.127. The van der Waals surface area contributed by atoms with E-state index in [0.29, 0.717) is 52.1 Å². The Bertz CT molecular complexity index is 1320. The van der Waals surface area contributed by atoms with Crippen LogP contribution in [0.3, 0.4) is 0 Å². The molecule has 4 aromatic rings. The average Bonchev–Trinajstić information content (AvgIpc) is 3.52. The number of hydrogen-bond acceptors (Lipinski definition) is 6. The van der Waals surface area contributed by atoms with Gasteiger partial charge in [0.1, 0.15) is 29.3 Å². The molecule has 1 aliphatic heterocycles. The van der Waals surface area contributed by atoms with E-state index in [1.807, 2.05) is 35.2 Å². The number of carbonyl (C=O) groups is 2. The summed E-state index contributed by atoms with van der Waals surface area (Å²) in [5.41, 5.74) is 1.60. The third-order valence-corrected chi connectivity index (χ3v) is 6.29. The molecule has 0 saturated carbocycles. The summed E-state index contributed by atoms with van der Waals surface area (Å²) < 4.78 is 5.82. The Morgan fingerprint density at radius 1 is 1.09 bits per heavy atom. The van der Waals surface area contributed by atoms with E-state index in [0.717, 1.165) is 12.2 Å². The van der Waals surface area contributed by atoms with E-state index in [1.165, 1.54) is 6.33 Å². The number of amides is 1. The van der Waals surface area contributed by atoms with Gasteiger partial charge < -0.3 is 19.9 Å². The quantitative estimate of drug-likeness (QED) is 0.277. The molecule has 2 aromatic heterocycles. The molecule has 1 unspecified atom stereocenters. The van der Waals surface area contributed by atoms with Gasteiger partial charge in [0.15, 0.2) is 5.78 Å². The molecule has 172 valence electrons. The minimum Gasteiger partial charge on any atom is -0.457 e. The first kappa shape index (κ1) is 22.1. The van der Waals surface area contributed by atoms with Gasteiger partial charge in [0.05, 0.1) is 16.3 Å². The minimum absolute atomic E-state index is 0.0494. The van der Waals surface area contributed by atoms with Gasteiger partial charge in [-0.2, -0.15) is 0 Å². The first-order valence-electron chi connectivity index (χ1n) is 10.9. The number of likely N-dealkylation sites (tertiary alicyclic amines) is 1. The van der Waals surface area contributed by atoms with E-state index >= 15 is 0 Å². The SMILES string of the molecule is O=C(c1ccc(Oc2ccccc2)cc1)c1c[nH]c2ncnc(NC3CCN(C(=O)CBr)C3)c12. The van der Waals surface area contributed by atoms with Gasteiger partial charge in [-0.15, -0.1) is 0 Å². The van der Waals surface area contributed by atoms with Crippen molar-refractivity contribution in [3.63, 3.8) is 0 Å². The standard InChI is InChI=1S/C25H22BrN5O3/c26-12-21(32)31-11-10-17(14-31)30-25-22-20(13-27-24(22)28-15-29-25)23(33)16-6-8-19(9-7-16)34-18-4-2-1-3-5-18/h1-9,13,15,17H,10-12,14H2,(H2,27,28,29,30). The minimum atomic E-state index is -0.141. The van der Waals surface area contributed by atoms with Crippen LogP contribution < -0.4 is 10.1 Å². The number of hydrogen-bond donors (Lipinski definition) is 2. The van der Waals surface area contributed by atoms with Crippen LogP contribution in [0.25, 0.3) is 11.0 Å². The van der Waals surface area contributed by atoms with E-state index in [9.17, 15) is 9.59 Å². The lowest BCUT2D eigenvalue weighted by atomic mass is 10.0. The van der Waals surface area contributed by atoms with Gasteiger partial charge in [-0.05, 0) is 42.8 Å². The van der Waals surface area contributed by atoms with Crippen molar-refractivity contribution in [1.29, 1.82) is 0 Å². The molecule has 34 heavy (non-hydrogen) atoms. The lowest BCUT2D eigenvalue weighted by Gasteiger charge is -2.17. The van der Waals surface area contributed by atoms with Crippen molar-refractivity contribution in [2.24, 2.45) is 0 Å². The first-order chi connectivity index (χ1) is 16.6. The number of rotatable bonds is 7. The summed E-state index contributed by atoms with van der Waals surface area (Å²) in [6.07, 6.45) is 3.93. The highest BCUT2D eigenvalue weighted by Gasteiger charge is 2.27. The van der Waals surface area contributed by atoms with E-state index in [-0.39, 0.29) is 17.7 Å². The van der Waals surface area contributed by atoms with E-state index < -0.39 is 0 Å². The van der Waals surface area contributed by atoms with Gasteiger partial charge in [-0.3, -0.25) is 9.59 Å². The number of aromatic nitrogens is 3. The van der Waals surface area contributed by atoms with Crippen molar-refractivity contribution in [3.05, 3.63) is 78.2 Å². The van der Waals surface area contributed by atoms with Crippen LogP contribution in [0.1, 0.15) is 22.3 Å². The van der Waals surface area contributed by atoms with Gasteiger partial charge in [0.2, 0.25) is 5.91 Å². The number of anilines is 1. The summed E-state index contributed by atoms with van der Waals surface area (Å²) in [4.78, 5) is 38.9. The number of halogens is 1. The molecule has 0 radical (unpaired) electrons. The maximum atomic E-state index is 13.4. The summed E-state index contributed by atoms with van der Waals surface area (Å²) >= 11 is 3.23. The van der Waals surface area contributed by atoms with Gasteiger partial charge >= 0.3 is 0 Å². The van der Waals surface area contributed by atoms with Crippen LogP contribution in [0.4, 0.5) is 5.82 Å². The van der Waals surface area contributed by atoms with E-state index in [2.05, 4.69) is 36.2 Å². The van der Waals surface area contributed by atoms with Gasteiger partial charge in [-0.1, -0.05) is 34.1 Å². The predicted molar refractivity (Wildman–Crippen MR) is 133 cm³/mol. The zero-order valence-corrected chi connectivity index (χ0v) is 19.8. The fourth-order valence-electron chi connectivity index (χ4n) is 4.09. The van der Waals surface area contributed by atoms with Crippen molar-refractivity contribution in [2.45, 2.75) is 12.5 Å². The average molecular weight is 520 g/mol. The predicted octanol–water partition coefficient (Wildman–Crippen LogP) is 4.39. The number of ketones is 1. The number of benzene rings is 2. The molecule has 1 aliphatic rings. The maximum Gasteiger partial charge on any atom is 0.233 e. The second-order valence-electron chi connectivity index (χ2n) is 8.02. The normalized spacial score (nSPS) is 15.4. The third-order valence-electron chi connectivity index (χ3n) is 5.81. The Hall–Kier alpha value is -3.72. The Kier molecular flexibility index (Phi) is 6.27. The Labute approximate surface area is 204 Å². The van der Waals surface area contributed by atoms with Crippen LogP contribution in [-0.4, -0.2) is 56.0 Å². The molecule has 1 amide bonds. The number of H-pyrrole nitrogens is 1. The number of nitrogens with zero attached hydrogens (tertiary/aromatic N) is 3. The summed E-state index contributed by atoms with van der Waals surface area (Å²) in [6.45, 7) is 1.28. The third kappa shape index (κ3) is 4.51. The molecule has 5 rings (SSSR count). The molecule has 0 bridgehead atoms. The topological polar surface area (TPSA) is 100 Å². The Morgan fingerprint density at radius 2 is 1.85 bits per heavy atom. The van der Waals surface area contributed by atoms with Gasteiger partial charge in [-0.25, -0.2) is 9.97 Å². The molecule has 9 heteroatoms. The molecular formula is C25H22BrN5O3. The molecule has 0 aliphatic carbocycles. The Morgan fingerprint density at radius 3 is 2.62 bits per heavy atom. The van der Waals surface area contributed by atoms with Crippen LogP contribution >= 0.6 is 15.9 Å². The summed E-state index contributed by atoms with van der Waals surface area (Å²) in [5.74, 6) is 1.88. The number of para-hydroxylation sites is 1. The van der Waals surface area contributed by atoms with Gasteiger partial charge in [0.25, 0.3) is 0 Å². The highest BCUT2D eigenvalue weighted by Crippen LogP contribution is 2.28. The van der Waals surface area contributed by atoms with Crippen molar-refractivity contribution >= 4 is 44.5 Å². The summed E-state index contributed by atoms with van der Waals surface area (Å²) in [6, 6.07) is 16.6. The lowest BCUT2D eigenvalue weighted by Crippen LogP contribution is -2.32. The zero-order valence-electron chi connectivity index (χ0n) is 18.2. The number of carbonyl (C=O) groups excluding carboxylic acids is 2. The molecule has 2 N–H and O–H groups in total.